The van der Waals surface area contributed by atoms with Gasteiger partial charge in [0.15, 0.2) is 0 Å². The molecule has 1 aliphatic heterocycles. The lowest BCUT2D eigenvalue weighted by Crippen LogP contribution is -2.52. The molecule has 1 aliphatic rings. The molecule has 2 N–H and O–H groups in total. The molecule has 0 aliphatic carbocycles. The molecule has 1 aromatic carbocycles. The van der Waals surface area contributed by atoms with Gasteiger partial charge in [-0.05, 0) is 52.7 Å². The summed E-state index contributed by atoms with van der Waals surface area (Å²) >= 11 is 0. The third kappa shape index (κ3) is 6.42. The molecule has 174 valence electrons. The van der Waals surface area contributed by atoms with E-state index < -0.39 is 44.2 Å². The van der Waals surface area contributed by atoms with E-state index in [2.05, 4.69) is 10.6 Å². The van der Waals surface area contributed by atoms with Gasteiger partial charge in [-0.3, -0.25) is 9.59 Å². The van der Waals surface area contributed by atoms with Crippen molar-refractivity contribution in [2.24, 2.45) is 5.92 Å². The van der Waals surface area contributed by atoms with E-state index in [4.69, 9.17) is 0 Å². The second-order valence-electron chi connectivity index (χ2n) is 8.64. The molecule has 1 aromatic rings. The Hall–Kier alpha value is -2.14. The molecule has 1 atom stereocenters. The molecule has 11 heteroatoms. The average Bonchev–Trinajstić information content (AvgIpc) is 2.66. The standard InChI is InChI=1S/C20H28F3N3O4S/c1-13(17(27)25-19(2,3)4)24-18(28)14-9-11-26(12-10-14)31(29,30)16-8-6-5-7-15(16)20(21,22)23/h5-8,13-14H,9-12H2,1-4H3,(H,24,28)(H,25,27). The summed E-state index contributed by atoms with van der Waals surface area (Å²) < 4.78 is 66.3. The molecule has 2 amide bonds. The maximum atomic E-state index is 13.2. The van der Waals surface area contributed by atoms with E-state index in [9.17, 15) is 31.2 Å². The average molecular weight is 464 g/mol. The number of hydrogen-bond donors (Lipinski definition) is 2. The molecule has 0 bridgehead atoms. The minimum Gasteiger partial charge on any atom is -0.350 e. The number of halogens is 3. The summed E-state index contributed by atoms with van der Waals surface area (Å²) in [5, 5.41) is 5.38. The van der Waals surface area contributed by atoms with Crippen molar-refractivity contribution in [1.29, 1.82) is 0 Å². The van der Waals surface area contributed by atoms with Gasteiger partial charge in [0.25, 0.3) is 0 Å². The Labute approximate surface area is 180 Å². The first-order valence-corrected chi connectivity index (χ1v) is 11.4. The van der Waals surface area contributed by atoms with Gasteiger partial charge in [0, 0.05) is 24.5 Å². The van der Waals surface area contributed by atoms with Crippen molar-refractivity contribution in [3.63, 3.8) is 0 Å². The maximum Gasteiger partial charge on any atom is 0.417 e. The normalized spacial score (nSPS) is 17.8. The number of rotatable bonds is 5. The van der Waals surface area contributed by atoms with Crippen LogP contribution in [-0.2, 0) is 25.8 Å². The van der Waals surface area contributed by atoms with E-state index >= 15 is 0 Å². The summed E-state index contributed by atoms with van der Waals surface area (Å²) in [5.41, 5.74) is -1.67. The zero-order chi connectivity index (χ0) is 23.6. The second kappa shape index (κ2) is 9.15. The Bertz CT molecular complexity index is 918. The molecular formula is C20H28F3N3O4S. The minimum absolute atomic E-state index is 0.0881. The van der Waals surface area contributed by atoms with Gasteiger partial charge in [-0.15, -0.1) is 0 Å². The topological polar surface area (TPSA) is 95.6 Å². The van der Waals surface area contributed by atoms with Crippen LogP contribution in [0.3, 0.4) is 0 Å². The van der Waals surface area contributed by atoms with Crippen LogP contribution >= 0.6 is 0 Å². The highest BCUT2D eigenvalue weighted by atomic mass is 32.2. The van der Waals surface area contributed by atoms with Gasteiger partial charge in [0.2, 0.25) is 21.8 Å². The zero-order valence-corrected chi connectivity index (χ0v) is 18.7. The molecule has 0 spiro atoms. The number of nitrogens with one attached hydrogen (secondary N) is 2. The van der Waals surface area contributed by atoms with Crippen molar-refractivity contribution in [2.45, 2.75) is 63.2 Å². The molecule has 1 fully saturated rings. The number of amides is 2. The van der Waals surface area contributed by atoms with E-state index in [0.717, 1.165) is 22.5 Å². The Balaban J connectivity index is 2.03. The van der Waals surface area contributed by atoms with E-state index in [1.807, 2.05) is 20.8 Å². The number of carbonyl (C=O) groups excluding carboxylic acids is 2. The molecule has 2 rings (SSSR count). The molecule has 7 nitrogen and oxygen atoms in total. The summed E-state index contributed by atoms with van der Waals surface area (Å²) in [6.07, 6.45) is -4.51. The van der Waals surface area contributed by atoms with E-state index in [1.54, 1.807) is 6.92 Å². The van der Waals surface area contributed by atoms with E-state index in [1.165, 1.54) is 6.07 Å². The van der Waals surface area contributed by atoms with Gasteiger partial charge >= 0.3 is 6.18 Å². The lowest BCUT2D eigenvalue weighted by atomic mass is 9.97. The van der Waals surface area contributed by atoms with Crippen molar-refractivity contribution < 1.29 is 31.2 Å². The van der Waals surface area contributed by atoms with Gasteiger partial charge in [-0.2, -0.15) is 17.5 Å². The van der Waals surface area contributed by atoms with Crippen LogP contribution in [-0.4, -0.2) is 49.2 Å². The smallest absolute Gasteiger partial charge is 0.350 e. The second-order valence-corrected chi connectivity index (χ2v) is 10.5. The minimum atomic E-state index is -4.80. The fourth-order valence-corrected chi connectivity index (χ4v) is 4.98. The Kier molecular flexibility index (Phi) is 7.42. The Morgan fingerprint density at radius 3 is 2.16 bits per heavy atom. The van der Waals surface area contributed by atoms with Gasteiger partial charge in [-0.1, -0.05) is 12.1 Å². The summed E-state index contributed by atoms with van der Waals surface area (Å²) in [6.45, 7) is 6.81. The van der Waals surface area contributed by atoms with Crippen LogP contribution in [0.4, 0.5) is 13.2 Å². The lowest BCUT2D eigenvalue weighted by Gasteiger charge is -2.32. The highest BCUT2D eigenvalue weighted by molar-refractivity contribution is 7.89. The largest absolute Gasteiger partial charge is 0.417 e. The van der Waals surface area contributed by atoms with Crippen molar-refractivity contribution in [2.75, 3.05) is 13.1 Å². The maximum absolute atomic E-state index is 13.2. The highest BCUT2D eigenvalue weighted by Crippen LogP contribution is 2.36. The van der Waals surface area contributed by atoms with Crippen molar-refractivity contribution in [3.8, 4) is 0 Å². The number of benzene rings is 1. The molecule has 0 aromatic heterocycles. The predicted molar refractivity (Wildman–Crippen MR) is 108 cm³/mol. The van der Waals surface area contributed by atoms with Crippen LogP contribution in [0, 0.1) is 5.92 Å². The van der Waals surface area contributed by atoms with Crippen LogP contribution < -0.4 is 10.6 Å². The van der Waals surface area contributed by atoms with E-state index in [0.29, 0.717) is 0 Å². The molecule has 1 unspecified atom stereocenters. The molecule has 0 radical (unpaired) electrons. The molecular weight excluding hydrogens is 435 g/mol. The summed E-state index contributed by atoms with van der Waals surface area (Å²) in [6, 6.07) is 3.28. The summed E-state index contributed by atoms with van der Waals surface area (Å²) in [5.74, 6) is -1.26. The SMILES string of the molecule is CC(NC(=O)C1CCN(S(=O)(=O)c2ccccc2C(F)(F)F)CC1)C(=O)NC(C)(C)C. The first kappa shape index (κ1) is 25.1. The predicted octanol–water partition coefficient (Wildman–Crippen LogP) is 2.53. The zero-order valence-electron chi connectivity index (χ0n) is 17.9. The van der Waals surface area contributed by atoms with Crippen molar-refractivity contribution in [3.05, 3.63) is 29.8 Å². The van der Waals surface area contributed by atoms with Crippen LogP contribution in [0.25, 0.3) is 0 Å². The first-order valence-electron chi connectivity index (χ1n) is 9.91. The Morgan fingerprint density at radius 1 is 1.10 bits per heavy atom. The van der Waals surface area contributed by atoms with Crippen LogP contribution in [0.15, 0.2) is 29.2 Å². The molecule has 1 heterocycles. The fraction of sp³-hybridized carbons (Fsp3) is 0.600. The fourth-order valence-electron chi connectivity index (χ4n) is 3.30. The number of nitrogens with zero attached hydrogens (tertiary/aromatic N) is 1. The number of piperidine rings is 1. The monoisotopic (exact) mass is 463 g/mol. The van der Waals surface area contributed by atoms with Gasteiger partial charge in [-0.25, -0.2) is 8.42 Å². The van der Waals surface area contributed by atoms with Gasteiger partial charge < -0.3 is 10.6 Å². The number of hydrogen-bond acceptors (Lipinski definition) is 4. The highest BCUT2D eigenvalue weighted by Gasteiger charge is 2.40. The number of carbonyl (C=O) groups is 2. The van der Waals surface area contributed by atoms with Crippen LogP contribution in [0.2, 0.25) is 0 Å². The molecule has 31 heavy (non-hydrogen) atoms. The van der Waals surface area contributed by atoms with E-state index in [-0.39, 0.29) is 37.7 Å². The van der Waals surface area contributed by atoms with Crippen LogP contribution in [0.1, 0.15) is 46.1 Å². The first-order chi connectivity index (χ1) is 14.1. The van der Waals surface area contributed by atoms with Crippen molar-refractivity contribution >= 4 is 21.8 Å². The number of sulfonamides is 1. The van der Waals surface area contributed by atoms with Gasteiger partial charge in [0.1, 0.15) is 6.04 Å². The van der Waals surface area contributed by atoms with Crippen LogP contribution in [0.5, 0.6) is 0 Å². The van der Waals surface area contributed by atoms with Crippen molar-refractivity contribution in [1.82, 2.24) is 14.9 Å². The lowest BCUT2D eigenvalue weighted by molar-refractivity contribution is -0.140. The summed E-state index contributed by atoms with van der Waals surface area (Å²) in [4.78, 5) is 23.8. The Morgan fingerprint density at radius 2 is 1.65 bits per heavy atom. The summed E-state index contributed by atoms with van der Waals surface area (Å²) in [7, 11) is -4.36. The number of alkyl halides is 3. The quantitative estimate of drug-likeness (QED) is 0.702. The van der Waals surface area contributed by atoms with Gasteiger partial charge in [0.05, 0.1) is 10.5 Å². The molecule has 1 saturated heterocycles. The molecule has 0 saturated carbocycles. The third-order valence-electron chi connectivity index (χ3n) is 4.89. The third-order valence-corrected chi connectivity index (χ3v) is 6.84.